The maximum absolute atomic E-state index is 13.6. The molecule has 0 saturated carbocycles. The van der Waals surface area contributed by atoms with Crippen LogP contribution in [-0.4, -0.2) is 11.0 Å². The molecule has 0 aliphatic carbocycles. The zero-order valence-corrected chi connectivity index (χ0v) is 17.9. The molecular weight excluding hydrogens is 434 g/mol. The molecule has 0 aliphatic rings. The average molecular weight is 449 g/mol. The van der Waals surface area contributed by atoms with Gasteiger partial charge in [-0.15, -0.1) is 11.3 Å². The Morgan fingerprint density at radius 2 is 1.36 bits per heavy atom. The lowest BCUT2D eigenvalue weighted by atomic mass is 10.0. The largest absolute Gasteiger partial charge is 0.422 e. The van der Waals surface area contributed by atoms with E-state index in [-0.39, 0.29) is 27.4 Å². The molecule has 158 valence electrons. The topological polar surface area (TPSA) is 76.2 Å². The van der Waals surface area contributed by atoms with Crippen molar-refractivity contribution in [2.45, 2.75) is 0 Å². The lowest BCUT2D eigenvalue weighted by Crippen LogP contribution is -2.16. The highest BCUT2D eigenvalue weighted by molar-refractivity contribution is 7.24. The summed E-state index contributed by atoms with van der Waals surface area (Å²) in [7, 11) is 0. The first-order valence-corrected chi connectivity index (χ1v) is 11.1. The molecule has 6 rings (SSSR count). The smallest absolute Gasteiger partial charge is 0.343 e. The Morgan fingerprint density at radius 3 is 2.12 bits per heavy atom. The molecule has 33 heavy (non-hydrogen) atoms. The lowest BCUT2D eigenvalue weighted by molar-refractivity contribution is 0.0737. The summed E-state index contributed by atoms with van der Waals surface area (Å²) in [6.07, 6.45) is 0. The summed E-state index contributed by atoms with van der Waals surface area (Å²) < 4.78 is 7.42. The second-order valence-corrected chi connectivity index (χ2v) is 8.76. The van der Waals surface area contributed by atoms with Crippen LogP contribution in [-0.2, 0) is 0 Å². The van der Waals surface area contributed by atoms with E-state index in [0.29, 0.717) is 26.6 Å². The highest BCUT2D eigenvalue weighted by atomic mass is 32.1. The van der Waals surface area contributed by atoms with Crippen LogP contribution in [0, 0.1) is 0 Å². The summed E-state index contributed by atoms with van der Waals surface area (Å²) in [6.45, 7) is 0. The van der Waals surface area contributed by atoms with Crippen LogP contribution >= 0.6 is 11.3 Å². The molecular formula is C27H15NO4S. The number of rotatable bonds is 2. The van der Waals surface area contributed by atoms with Gasteiger partial charge in [-0.3, -0.25) is 9.59 Å². The normalized spacial score (nSPS) is 11.4. The fourth-order valence-electron chi connectivity index (χ4n) is 4.17. The van der Waals surface area contributed by atoms with Crippen molar-refractivity contribution in [3.05, 3.63) is 111 Å². The van der Waals surface area contributed by atoms with Gasteiger partial charge < -0.3 is 9.72 Å². The number of nitrogens with one attached hydrogen (secondary N) is 1. The van der Waals surface area contributed by atoms with Crippen LogP contribution in [0.1, 0.15) is 10.4 Å². The second kappa shape index (κ2) is 7.39. The first-order chi connectivity index (χ1) is 16.1. The molecule has 0 aliphatic heterocycles. The van der Waals surface area contributed by atoms with Crippen molar-refractivity contribution >= 4 is 59.3 Å². The number of hydrogen-bond donors (Lipinski definition) is 1. The molecule has 6 heteroatoms. The van der Waals surface area contributed by atoms with Crippen molar-refractivity contribution in [3.63, 3.8) is 0 Å². The maximum Gasteiger partial charge on any atom is 0.343 e. The molecule has 6 aromatic rings. The molecule has 1 aromatic heterocycles. The van der Waals surface area contributed by atoms with Gasteiger partial charge in [0.1, 0.15) is 5.75 Å². The summed E-state index contributed by atoms with van der Waals surface area (Å²) in [5.74, 6) is -0.509. The molecule has 1 heterocycles. The predicted octanol–water partition coefficient (Wildman–Crippen LogP) is 5.63. The fraction of sp³-hybridized carbons (Fsp3) is 0. The number of fused-ring (bicyclic) bond motifs is 5. The Kier molecular flexibility index (Phi) is 4.35. The van der Waals surface area contributed by atoms with Gasteiger partial charge >= 0.3 is 5.97 Å². The van der Waals surface area contributed by atoms with E-state index >= 15 is 0 Å². The second-order valence-electron chi connectivity index (χ2n) is 7.68. The van der Waals surface area contributed by atoms with Crippen LogP contribution < -0.4 is 15.6 Å². The Balaban J connectivity index is 1.76. The van der Waals surface area contributed by atoms with Gasteiger partial charge in [-0.2, -0.15) is 0 Å². The van der Waals surface area contributed by atoms with E-state index < -0.39 is 5.97 Å². The SMILES string of the molecule is O=C(Oc1cc2sc3ccccc3[nH]c2c2c(=O)c3ccccc3c(=O)c12)c1ccccc1. The van der Waals surface area contributed by atoms with E-state index in [0.717, 1.165) is 10.2 Å². The van der Waals surface area contributed by atoms with Crippen molar-refractivity contribution < 1.29 is 9.53 Å². The number of benzene rings is 5. The van der Waals surface area contributed by atoms with Gasteiger partial charge in [-0.1, -0.05) is 54.6 Å². The molecule has 0 spiro atoms. The fourth-order valence-corrected chi connectivity index (χ4v) is 5.20. The minimum absolute atomic E-state index is 0.0825. The highest BCUT2D eigenvalue weighted by Gasteiger charge is 2.21. The van der Waals surface area contributed by atoms with Gasteiger partial charge in [0.05, 0.1) is 36.8 Å². The van der Waals surface area contributed by atoms with E-state index in [1.807, 2.05) is 24.3 Å². The number of carbonyl (C=O) groups is 1. The quantitative estimate of drug-likeness (QED) is 0.161. The Bertz CT molecular complexity index is 1850. The van der Waals surface area contributed by atoms with Crippen molar-refractivity contribution in [1.82, 2.24) is 4.98 Å². The maximum atomic E-state index is 13.6. The number of esters is 1. The Morgan fingerprint density at radius 1 is 0.727 bits per heavy atom. The minimum Gasteiger partial charge on any atom is -0.422 e. The van der Waals surface area contributed by atoms with E-state index in [1.54, 1.807) is 60.7 Å². The third-order valence-electron chi connectivity index (χ3n) is 5.70. The monoisotopic (exact) mass is 449 g/mol. The van der Waals surface area contributed by atoms with E-state index in [1.165, 1.54) is 11.3 Å². The molecule has 0 amide bonds. The number of hydrogen-bond acceptors (Lipinski definition) is 5. The molecule has 0 unspecified atom stereocenters. The number of para-hydroxylation sites is 1. The first-order valence-electron chi connectivity index (χ1n) is 10.3. The van der Waals surface area contributed by atoms with Crippen molar-refractivity contribution in [2.75, 3.05) is 0 Å². The Labute approximate surface area is 190 Å². The summed E-state index contributed by atoms with van der Waals surface area (Å²) in [5.41, 5.74) is 1.15. The number of aromatic amines is 1. The van der Waals surface area contributed by atoms with Gasteiger partial charge in [0.25, 0.3) is 0 Å². The van der Waals surface area contributed by atoms with E-state index in [9.17, 15) is 14.4 Å². The van der Waals surface area contributed by atoms with Gasteiger partial charge in [0.15, 0.2) is 10.9 Å². The first kappa shape index (κ1) is 19.4. The van der Waals surface area contributed by atoms with E-state index in [4.69, 9.17) is 4.74 Å². The number of aromatic nitrogens is 1. The number of H-pyrrole nitrogens is 1. The van der Waals surface area contributed by atoms with Crippen LogP contribution in [0.15, 0.2) is 94.5 Å². The molecule has 0 saturated heterocycles. The van der Waals surface area contributed by atoms with Crippen LogP contribution in [0.2, 0.25) is 0 Å². The third kappa shape index (κ3) is 3.03. The summed E-state index contributed by atoms with van der Waals surface area (Å²) in [5, 5.41) is 0.980. The Hall–Kier alpha value is -4.29. The summed E-state index contributed by atoms with van der Waals surface area (Å²) in [6, 6.07) is 24.7. The number of carbonyl (C=O) groups excluding carboxylic acids is 1. The molecule has 5 nitrogen and oxygen atoms in total. The van der Waals surface area contributed by atoms with Crippen LogP contribution in [0.25, 0.3) is 42.0 Å². The zero-order valence-electron chi connectivity index (χ0n) is 17.1. The molecule has 0 atom stereocenters. The molecule has 5 aromatic carbocycles. The van der Waals surface area contributed by atoms with Gasteiger partial charge in [-0.05, 0) is 24.3 Å². The van der Waals surface area contributed by atoms with Gasteiger partial charge in [0.2, 0.25) is 0 Å². The van der Waals surface area contributed by atoms with Crippen molar-refractivity contribution in [2.24, 2.45) is 0 Å². The van der Waals surface area contributed by atoms with Crippen molar-refractivity contribution in [1.29, 1.82) is 0 Å². The number of ether oxygens (including phenoxy) is 1. The van der Waals surface area contributed by atoms with Gasteiger partial charge in [-0.25, -0.2) is 4.79 Å². The minimum atomic E-state index is -0.592. The molecule has 0 bridgehead atoms. The van der Waals surface area contributed by atoms with Crippen LogP contribution in [0.5, 0.6) is 5.75 Å². The highest BCUT2D eigenvalue weighted by Crippen LogP contribution is 2.35. The van der Waals surface area contributed by atoms with Crippen molar-refractivity contribution in [3.8, 4) is 5.75 Å². The molecule has 0 radical (unpaired) electrons. The third-order valence-corrected chi connectivity index (χ3v) is 6.82. The molecule has 0 fully saturated rings. The van der Waals surface area contributed by atoms with Crippen LogP contribution in [0.3, 0.4) is 0 Å². The average Bonchev–Trinajstić information content (AvgIpc) is 2.86. The van der Waals surface area contributed by atoms with Crippen LogP contribution in [0.4, 0.5) is 0 Å². The zero-order chi connectivity index (χ0) is 22.5. The predicted molar refractivity (Wildman–Crippen MR) is 133 cm³/mol. The summed E-state index contributed by atoms with van der Waals surface area (Å²) in [4.78, 5) is 43.3. The van der Waals surface area contributed by atoms with E-state index in [2.05, 4.69) is 4.98 Å². The summed E-state index contributed by atoms with van der Waals surface area (Å²) >= 11 is 1.46. The standard InChI is InChI=1S/C27H15NO4S/c29-25-16-10-4-5-11-17(16)26(30)23-22(25)19(32-27(31)15-8-2-1-3-9-15)14-21-24(23)28-18-12-6-7-13-20(18)33-21/h1-14,28H. The lowest BCUT2D eigenvalue weighted by Gasteiger charge is -2.12. The molecule has 1 N–H and O–H groups in total. The van der Waals surface area contributed by atoms with Gasteiger partial charge in [0, 0.05) is 16.8 Å².